The third-order valence-corrected chi connectivity index (χ3v) is 5.09. The Bertz CT molecular complexity index is 164. The van der Waals surface area contributed by atoms with E-state index in [0.29, 0.717) is 0 Å². The molecule has 3 fully saturated rings. The lowest BCUT2D eigenvalue weighted by molar-refractivity contribution is 0.184. The van der Waals surface area contributed by atoms with E-state index >= 15 is 0 Å². The first kappa shape index (κ1) is 8.32. The largest absolute Gasteiger partial charge is 0.0530 e. The van der Waals surface area contributed by atoms with Crippen LogP contribution in [0.5, 0.6) is 0 Å². The van der Waals surface area contributed by atoms with Gasteiger partial charge in [0.15, 0.2) is 0 Å². The average Bonchev–Trinajstić information content (AvgIpc) is 2.56. The third-order valence-electron chi connectivity index (χ3n) is 5.09. The highest BCUT2D eigenvalue weighted by Crippen LogP contribution is 2.53. The molecule has 13 heavy (non-hydrogen) atoms. The first-order valence-corrected chi connectivity index (χ1v) is 6.45. The minimum atomic E-state index is 1.17. The molecule has 0 bridgehead atoms. The smallest absolute Gasteiger partial charge is 0.0355 e. The van der Waals surface area contributed by atoms with Crippen molar-refractivity contribution in [3.8, 4) is 0 Å². The highest BCUT2D eigenvalue weighted by atomic mass is 14.5. The quantitative estimate of drug-likeness (QED) is 0.526. The van der Waals surface area contributed by atoms with Gasteiger partial charge in [-0.2, -0.15) is 0 Å². The maximum Gasteiger partial charge on any atom is -0.0355 e. The normalized spacial score (nSPS) is 49.8. The minimum Gasteiger partial charge on any atom is -0.0530 e. The van der Waals surface area contributed by atoms with Crippen LogP contribution in [0.2, 0.25) is 0 Å². The molecule has 4 atom stereocenters. The molecule has 3 aliphatic carbocycles. The zero-order chi connectivity index (χ0) is 8.67. The summed E-state index contributed by atoms with van der Waals surface area (Å²) in [5, 5.41) is 0. The lowest BCUT2D eigenvalue weighted by Crippen LogP contribution is -2.22. The minimum absolute atomic E-state index is 1.17. The second-order valence-corrected chi connectivity index (χ2v) is 5.65. The van der Waals surface area contributed by atoms with Gasteiger partial charge in [0, 0.05) is 0 Å². The van der Waals surface area contributed by atoms with Gasteiger partial charge < -0.3 is 0 Å². The fraction of sp³-hybridized carbons (Fsp3) is 1.00. The van der Waals surface area contributed by atoms with Gasteiger partial charge in [0.2, 0.25) is 0 Å². The van der Waals surface area contributed by atoms with Crippen LogP contribution in [0.25, 0.3) is 0 Å². The summed E-state index contributed by atoms with van der Waals surface area (Å²) in [5.74, 6) is 4.70. The Morgan fingerprint density at radius 1 is 0.538 bits per heavy atom. The monoisotopic (exact) mass is 178 g/mol. The van der Waals surface area contributed by atoms with Gasteiger partial charge in [-0.05, 0) is 42.9 Å². The highest BCUT2D eigenvalue weighted by Gasteiger charge is 2.43. The molecule has 0 spiro atoms. The van der Waals surface area contributed by atoms with E-state index in [0.717, 1.165) is 0 Å². The van der Waals surface area contributed by atoms with E-state index in [-0.39, 0.29) is 0 Å². The number of fused-ring (bicyclic) bond motifs is 3. The summed E-state index contributed by atoms with van der Waals surface area (Å²) < 4.78 is 0. The summed E-state index contributed by atoms with van der Waals surface area (Å²) in [6, 6.07) is 0. The zero-order valence-electron chi connectivity index (χ0n) is 8.67. The van der Waals surface area contributed by atoms with Crippen molar-refractivity contribution < 1.29 is 0 Å². The summed E-state index contributed by atoms with van der Waals surface area (Å²) >= 11 is 0. The number of hydrogen-bond acceptors (Lipinski definition) is 0. The molecule has 0 heteroatoms. The Balaban J connectivity index is 1.76. The summed E-state index contributed by atoms with van der Waals surface area (Å²) in [6.45, 7) is 0. The number of hydrogen-bond donors (Lipinski definition) is 0. The molecule has 3 aliphatic rings. The molecular formula is C13H22. The van der Waals surface area contributed by atoms with E-state index in [1.807, 2.05) is 0 Å². The second kappa shape index (κ2) is 3.29. The van der Waals surface area contributed by atoms with Gasteiger partial charge in [0.25, 0.3) is 0 Å². The molecule has 0 saturated heterocycles. The Morgan fingerprint density at radius 3 is 1.54 bits per heavy atom. The molecule has 3 saturated carbocycles. The lowest BCUT2D eigenvalue weighted by atomic mass is 9.73. The fourth-order valence-corrected chi connectivity index (χ4v) is 4.57. The van der Waals surface area contributed by atoms with Crippen molar-refractivity contribution in [2.24, 2.45) is 23.7 Å². The van der Waals surface area contributed by atoms with Gasteiger partial charge in [-0.3, -0.25) is 0 Å². The molecule has 3 rings (SSSR count). The van der Waals surface area contributed by atoms with E-state index < -0.39 is 0 Å². The van der Waals surface area contributed by atoms with Crippen molar-refractivity contribution in [3.63, 3.8) is 0 Å². The predicted octanol–water partition coefficient (Wildman–Crippen LogP) is 4.00. The van der Waals surface area contributed by atoms with Crippen molar-refractivity contribution >= 4 is 0 Å². The van der Waals surface area contributed by atoms with Crippen molar-refractivity contribution in [3.05, 3.63) is 0 Å². The van der Waals surface area contributed by atoms with E-state index in [2.05, 4.69) is 0 Å². The summed E-state index contributed by atoms with van der Waals surface area (Å²) in [4.78, 5) is 0. The molecule has 0 aromatic carbocycles. The molecule has 0 aromatic heterocycles. The van der Waals surface area contributed by atoms with Crippen LogP contribution in [-0.2, 0) is 0 Å². The van der Waals surface area contributed by atoms with Crippen LogP contribution in [0.1, 0.15) is 57.8 Å². The molecule has 0 aliphatic heterocycles. The SMILES string of the molecule is C1CC[C@@H]2C(C1)CC1CCCC[C@@H]12. The number of rotatable bonds is 0. The lowest BCUT2D eigenvalue weighted by Gasteiger charge is -2.32. The molecule has 0 amide bonds. The van der Waals surface area contributed by atoms with E-state index in [1.54, 1.807) is 57.8 Å². The molecular weight excluding hydrogens is 156 g/mol. The van der Waals surface area contributed by atoms with Crippen molar-refractivity contribution in [1.29, 1.82) is 0 Å². The van der Waals surface area contributed by atoms with Gasteiger partial charge in [0.05, 0.1) is 0 Å². The maximum atomic E-state index is 1.62. The summed E-state index contributed by atoms with van der Waals surface area (Å²) in [5.41, 5.74) is 0. The second-order valence-electron chi connectivity index (χ2n) is 5.65. The molecule has 2 unspecified atom stereocenters. The van der Waals surface area contributed by atoms with Crippen LogP contribution in [0, 0.1) is 23.7 Å². The maximum absolute atomic E-state index is 1.62. The summed E-state index contributed by atoms with van der Waals surface area (Å²) in [7, 11) is 0. The first-order chi connectivity index (χ1) is 6.45. The molecule has 0 radical (unpaired) electrons. The molecule has 0 heterocycles. The van der Waals surface area contributed by atoms with Crippen LogP contribution in [0.4, 0.5) is 0 Å². The molecule has 0 aromatic rings. The van der Waals surface area contributed by atoms with Crippen molar-refractivity contribution in [2.75, 3.05) is 0 Å². The van der Waals surface area contributed by atoms with Gasteiger partial charge in [0.1, 0.15) is 0 Å². The average molecular weight is 178 g/mol. The van der Waals surface area contributed by atoms with Crippen LogP contribution in [-0.4, -0.2) is 0 Å². The van der Waals surface area contributed by atoms with Crippen LogP contribution in [0.15, 0.2) is 0 Å². The van der Waals surface area contributed by atoms with Crippen molar-refractivity contribution in [2.45, 2.75) is 57.8 Å². The van der Waals surface area contributed by atoms with Gasteiger partial charge in [-0.25, -0.2) is 0 Å². The summed E-state index contributed by atoms with van der Waals surface area (Å²) in [6.07, 6.45) is 14.1. The highest BCUT2D eigenvalue weighted by molar-refractivity contribution is 4.94. The molecule has 74 valence electrons. The van der Waals surface area contributed by atoms with Gasteiger partial charge in [-0.15, -0.1) is 0 Å². The Kier molecular flexibility index (Phi) is 2.11. The third kappa shape index (κ3) is 1.33. The molecule has 0 N–H and O–H groups in total. The van der Waals surface area contributed by atoms with E-state index in [4.69, 9.17) is 0 Å². The molecule has 0 nitrogen and oxygen atoms in total. The van der Waals surface area contributed by atoms with Crippen LogP contribution in [0.3, 0.4) is 0 Å². The zero-order valence-corrected chi connectivity index (χ0v) is 8.67. The standard InChI is InChI=1S/C13H22/c1-3-7-12-10(5-1)9-11-6-2-4-8-13(11)12/h10-13H,1-9H2/t10?,11?,12-,13+. The Labute approximate surface area is 82.1 Å². The first-order valence-electron chi connectivity index (χ1n) is 6.45. The van der Waals surface area contributed by atoms with Gasteiger partial charge >= 0.3 is 0 Å². The fourth-order valence-electron chi connectivity index (χ4n) is 4.57. The van der Waals surface area contributed by atoms with E-state index in [1.165, 1.54) is 23.7 Å². The van der Waals surface area contributed by atoms with Crippen molar-refractivity contribution in [1.82, 2.24) is 0 Å². The van der Waals surface area contributed by atoms with Gasteiger partial charge in [-0.1, -0.05) is 38.5 Å². The van der Waals surface area contributed by atoms with Crippen LogP contribution < -0.4 is 0 Å². The van der Waals surface area contributed by atoms with Crippen LogP contribution >= 0.6 is 0 Å². The van der Waals surface area contributed by atoms with E-state index in [9.17, 15) is 0 Å². The Hall–Kier alpha value is 0. The predicted molar refractivity (Wildman–Crippen MR) is 55.5 cm³/mol. The Morgan fingerprint density at radius 2 is 1.00 bits per heavy atom. The topological polar surface area (TPSA) is 0 Å².